The molecule has 94 valence electrons. The molecule has 0 amide bonds. The van der Waals surface area contributed by atoms with Gasteiger partial charge in [0.2, 0.25) is 0 Å². The molecule has 2 aromatic carbocycles. The van der Waals surface area contributed by atoms with E-state index in [9.17, 15) is 0 Å². The molecule has 0 bridgehead atoms. The quantitative estimate of drug-likeness (QED) is 0.722. The van der Waals surface area contributed by atoms with E-state index >= 15 is 0 Å². The molecule has 0 heterocycles. The van der Waals surface area contributed by atoms with Gasteiger partial charge in [-0.25, -0.2) is 0 Å². The first-order valence-corrected chi connectivity index (χ1v) is 5.97. The predicted molar refractivity (Wildman–Crippen MR) is 75.3 cm³/mol. The van der Waals surface area contributed by atoms with E-state index in [1.807, 2.05) is 49.4 Å². The number of hydrogen-bond donors (Lipinski definition) is 3. The van der Waals surface area contributed by atoms with Gasteiger partial charge in [-0.05, 0) is 35.7 Å². The molecule has 3 heteroatoms. The molecular weight excluding hydrogens is 224 g/mol. The molecule has 0 fully saturated rings. The van der Waals surface area contributed by atoms with Crippen molar-refractivity contribution in [3.63, 3.8) is 0 Å². The van der Waals surface area contributed by atoms with Crippen LogP contribution in [0.5, 0.6) is 0 Å². The number of aliphatic hydroxyl groups is 1. The number of nitrogens with two attached hydrogens (primary N) is 1. The van der Waals surface area contributed by atoms with Gasteiger partial charge in [-0.3, -0.25) is 0 Å². The third-order valence-corrected chi connectivity index (χ3v) is 2.87. The lowest BCUT2D eigenvalue weighted by molar-refractivity contribution is 0.281. The summed E-state index contributed by atoms with van der Waals surface area (Å²) in [5.74, 6) is 0. The van der Waals surface area contributed by atoms with Crippen LogP contribution in [0.2, 0.25) is 0 Å². The molecule has 18 heavy (non-hydrogen) atoms. The Hall–Kier alpha value is -2.00. The normalized spacial score (nSPS) is 10.3. The van der Waals surface area contributed by atoms with E-state index in [1.165, 1.54) is 5.56 Å². The van der Waals surface area contributed by atoms with E-state index in [0.717, 1.165) is 22.5 Å². The standard InChI is InChI=1S/C15H18N2O/c1-11-5-6-14(16)15(7-11)17-9-12-3-2-4-13(8-12)10-18/h2-8,17-18H,9-10,16H2,1H3. The van der Waals surface area contributed by atoms with Crippen LogP contribution in [0.4, 0.5) is 11.4 Å². The van der Waals surface area contributed by atoms with E-state index < -0.39 is 0 Å². The molecule has 0 aromatic heterocycles. The lowest BCUT2D eigenvalue weighted by Crippen LogP contribution is -2.03. The highest BCUT2D eigenvalue weighted by Gasteiger charge is 2.00. The minimum atomic E-state index is 0.0699. The van der Waals surface area contributed by atoms with Crippen LogP contribution >= 0.6 is 0 Å². The van der Waals surface area contributed by atoms with Crippen molar-refractivity contribution in [2.45, 2.75) is 20.1 Å². The number of aliphatic hydroxyl groups excluding tert-OH is 1. The Morgan fingerprint density at radius 2 is 1.89 bits per heavy atom. The van der Waals surface area contributed by atoms with Crippen molar-refractivity contribution in [2.75, 3.05) is 11.1 Å². The van der Waals surface area contributed by atoms with Crippen LogP contribution in [-0.2, 0) is 13.2 Å². The first kappa shape index (κ1) is 12.5. The number of hydrogen-bond acceptors (Lipinski definition) is 3. The van der Waals surface area contributed by atoms with Crippen molar-refractivity contribution in [1.29, 1.82) is 0 Å². The second kappa shape index (κ2) is 5.56. The fourth-order valence-corrected chi connectivity index (χ4v) is 1.86. The van der Waals surface area contributed by atoms with Crippen molar-refractivity contribution in [3.05, 3.63) is 59.2 Å². The van der Waals surface area contributed by atoms with Crippen LogP contribution in [0.3, 0.4) is 0 Å². The third-order valence-electron chi connectivity index (χ3n) is 2.87. The van der Waals surface area contributed by atoms with Crippen molar-refractivity contribution < 1.29 is 5.11 Å². The maximum absolute atomic E-state index is 9.09. The molecular formula is C15H18N2O. The summed E-state index contributed by atoms with van der Waals surface area (Å²) in [6.07, 6.45) is 0. The first-order valence-electron chi connectivity index (χ1n) is 5.97. The second-order valence-electron chi connectivity index (χ2n) is 4.42. The summed E-state index contributed by atoms with van der Waals surface area (Å²) >= 11 is 0. The summed E-state index contributed by atoms with van der Waals surface area (Å²) < 4.78 is 0. The van der Waals surface area contributed by atoms with E-state index in [0.29, 0.717) is 6.54 Å². The molecule has 0 spiro atoms. The Morgan fingerprint density at radius 3 is 2.67 bits per heavy atom. The Bertz CT molecular complexity index is 538. The maximum Gasteiger partial charge on any atom is 0.0681 e. The number of benzene rings is 2. The van der Waals surface area contributed by atoms with Gasteiger partial charge < -0.3 is 16.2 Å². The van der Waals surface area contributed by atoms with Gasteiger partial charge >= 0.3 is 0 Å². The highest BCUT2D eigenvalue weighted by Crippen LogP contribution is 2.20. The zero-order valence-corrected chi connectivity index (χ0v) is 10.5. The fraction of sp³-hybridized carbons (Fsp3) is 0.200. The number of aryl methyl sites for hydroxylation is 1. The Kier molecular flexibility index (Phi) is 3.85. The van der Waals surface area contributed by atoms with Crippen molar-refractivity contribution in [2.24, 2.45) is 0 Å². The van der Waals surface area contributed by atoms with Crippen LogP contribution in [-0.4, -0.2) is 5.11 Å². The van der Waals surface area contributed by atoms with Gasteiger partial charge in [0.25, 0.3) is 0 Å². The Labute approximate surface area is 107 Å². The highest BCUT2D eigenvalue weighted by molar-refractivity contribution is 5.67. The number of anilines is 2. The molecule has 2 aromatic rings. The first-order chi connectivity index (χ1) is 8.69. The van der Waals surface area contributed by atoms with E-state index in [-0.39, 0.29) is 6.61 Å². The largest absolute Gasteiger partial charge is 0.397 e. The SMILES string of the molecule is Cc1ccc(N)c(NCc2cccc(CO)c2)c1. The summed E-state index contributed by atoms with van der Waals surface area (Å²) in [6, 6.07) is 13.8. The molecule has 0 unspecified atom stereocenters. The number of rotatable bonds is 4. The van der Waals surface area contributed by atoms with Gasteiger partial charge in [-0.1, -0.05) is 30.3 Å². The van der Waals surface area contributed by atoms with Crippen LogP contribution < -0.4 is 11.1 Å². The highest BCUT2D eigenvalue weighted by atomic mass is 16.3. The molecule has 4 N–H and O–H groups in total. The van der Waals surface area contributed by atoms with E-state index in [2.05, 4.69) is 5.32 Å². The second-order valence-corrected chi connectivity index (χ2v) is 4.42. The average molecular weight is 242 g/mol. The molecule has 0 aliphatic rings. The summed E-state index contributed by atoms with van der Waals surface area (Å²) in [4.78, 5) is 0. The monoisotopic (exact) mass is 242 g/mol. The zero-order valence-electron chi connectivity index (χ0n) is 10.5. The molecule has 0 saturated heterocycles. The van der Waals surface area contributed by atoms with Crippen LogP contribution in [0, 0.1) is 6.92 Å². The van der Waals surface area contributed by atoms with Gasteiger partial charge in [0.05, 0.1) is 18.0 Å². The summed E-state index contributed by atoms with van der Waals surface area (Å²) in [5.41, 5.74) is 10.8. The lowest BCUT2D eigenvalue weighted by Gasteiger charge is -2.10. The Morgan fingerprint density at radius 1 is 1.11 bits per heavy atom. The van der Waals surface area contributed by atoms with E-state index in [4.69, 9.17) is 10.8 Å². The van der Waals surface area contributed by atoms with Gasteiger partial charge in [-0.2, -0.15) is 0 Å². The maximum atomic E-state index is 9.09. The molecule has 0 aliphatic carbocycles. The van der Waals surface area contributed by atoms with Crippen molar-refractivity contribution >= 4 is 11.4 Å². The van der Waals surface area contributed by atoms with Gasteiger partial charge in [-0.15, -0.1) is 0 Å². The lowest BCUT2D eigenvalue weighted by atomic mass is 10.1. The summed E-state index contributed by atoms with van der Waals surface area (Å²) in [5, 5.41) is 12.4. The third kappa shape index (κ3) is 3.02. The van der Waals surface area contributed by atoms with Crippen LogP contribution in [0.1, 0.15) is 16.7 Å². The molecule has 0 aliphatic heterocycles. The minimum Gasteiger partial charge on any atom is -0.397 e. The van der Waals surface area contributed by atoms with Gasteiger partial charge in [0.1, 0.15) is 0 Å². The molecule has 0 atom stereocenters. The van der Waals surface area contributed by atoms with Crippen molar-refractivity contribution in [3.8, 4) is 0 Å². The smallest absolute Gasteiger partial charge is 0.0681 e. The summed E-state index contributed by atoms with van der Waals surface area (Å²) in [6.45, 7) is 2.80. The molecule has 2 rings (SSSR count). The minimum absolute atomic E-state index is 0.0699. The molecule has 0 radical (unpaired) electrons. The van der Waals surface area contributed by atoms with Crippen LogP contribution in [0.25, 0.3) is 0 Å². The van der Waals surface area contributed by atoms with Crippen molar-refractivity contribution in [1.82, 2.24) is 0 Å². The van der Waals surface area contributed by atoms with Crippen LogP contribution in [0.15, 0.2) is 42.5 Å². The topological polar surface area (TPSA) is 58.3 Å². The zero-order chi connectivity index (χ0) is 13.0. The van der Waals surface area contributed by atoms with Gasteiger partial charge in [0.15, 0.2) is 0 Å². The fourth-order valence-electron chi connectivity index (χ4n) is 1.86. The van der Waals surface area contributed by atoms with E-state index in [1.54, 1.807) is 0 Å². The average Bonchev–Trinajstić information content (AvgIpc) is 2.40. The number of nitrogen functional groups attached to an aromatic ring is 1. The predicted octanol–water partition coefficient (Wildman–Crippen LogP) is 2.68. The number of nitrogens with one attached hydrogen (secondary N) is 1. The Balaban J connectivity index is 2.08. The molecule has 0 saturated carbocycles. The molecule has 3 nitrogen and oxygen atoms in total. The van der Waals surface area contributed by atoms with Gasteiger partial charge in [0, 0.05) is 6.54 Å². The summed E-state index contributed by atoms with van der Waals surface area (Å²) in [7, 11) is 0.